The SMILES string of the molecule is COc1ccc(NC(=O)Cc2c(C)c3cc4c(cc3oc2=O)OC2(CCCCC2)CC4)c(OC)c1. The predicted octanol–water partition coefficient (Wildman–Crippen LogP) is 5.33. The maximum Gasteiger partial charge on any atom is 0.340 e. The van der Waals surface area contributed by atoms with E-state index >= 15 is 0 Å². The van der Waals surface area contributed by atoms with Gasteiger partial charge in [0, 0.05) is 17.5 Å². The molecule has 5 rings (SSSR count). The Bertz CT molecular complexity index is 1340. The van der Waals surface area contributed by atoms with E-state index in [0.29, 0.717) is 28.3 Å². The zero-order valence-electron chi connectivity index (χ0n) is 20.5. The molecule has 1 aromatic heterocycles. The number of benzene rings is 2. The fourth-order valence-electron chi connectivity index (χ4n) is 5.41. The van der Waals surface area contributed by atoms with Crippen LogP contribution in [0.25, 0.3) is 11.0 Å². The molecular weight excluding hydrogens is 446 g/mol. The number of fused-ring (bicyclic) bond motifs is 2. The Labute approximate surface area is 204 Å². The van der Waals surface area contributed by atoms with Crippen molar-refractivity contribution < 1.29 is 23.4 Å². The number of carbonyl (C=O) groups excluding carboxylic acids is 1. The summed E-state index contributed by atoms with van der Waals surface area (Å²) < 4.78 is 22.7. The molecule has 184 valence electrons. The van der Waals surface area contributed by atoms with Crippen molar-refractivity contribution in [1.82, 2.24) is 0 Å². The average Bonchev–Trinajstić information content (AvgIpc) is 2.86. The molecular formula is C28H31NO6. The van der Waals surface area contributed by atoms with Gasteiger partial charge < -0.3 is 23.9 Å². The molecule has 1 N–H and O–H groups in total. The Balaban J connectivity index is 1.41. The fraction of sp³-hybridized carbons (Fsp3) is 0.429. The second-order valence-electron chi connectivity index (χ2n) is 9.59. The Morgan fingerprint density at radius 3 is 2.60 bits per heavy atom. The smallest absolute Gasteiger partial charge is 0.340 e. The lowest BCUT2D eigenvalue weighted by atomic mass is 9.79. The lowest BCUT2D eigenvalue weighted by Gasteiger charge is -2.41. The van der Waals surface area contributed by atoms with Crippen molar-refractivity contribution in [2.45, 2.75) is 63.9 Å². The van der Waals surface area contributed by atoms with Crippen molar-refractivity contribution in [2.75, 3.05) is 19.5 Å². The summed E-state index contributed by atoms with van der Waals surface area (Å²) in [7, 11) is 3.08. The van der Waals surface area contributed by atoms with Gasteiger partial charge in [0.25, 0.3) is 0 Å². The summed E-state index contributed by atoms with van der Waals surface area (Å²) in [6.07, 6.45) is 7.69. The number of ether oxygens (including phenoxy) is 3. The number of nitrogens with one attached hydrogen (secondary N) is 1. The highest BCUT2D eigenvalue weighted by Gasteiger charge is 2.37. The zero-order valence-corrected chi connectivity index (χ0v) is 20.5. The number of anilines is 1. The molecule has 1 spiro atoms. The molecule has 2 aliphatic rings. The van der Waals surface area contributed by atoms with E-state index in [2.05, 4.69) is 11.4 Å². The van der Waals surface area contributed by atoms with E-state index in [1.54, 1.807) is 25.3 Å². The maximum atomic E-state index is 12.9. The van der Waals surface area contributed by atoms with Gasteiger partial charge in [-0.25, -0.2) is 4.79 Å². The molecule has 3 aromatic rings. The molecule has 7 nitrogen and oxygen atoms in total. The first-order valence-electron chi connectivity index (χ1n) is 12.2. The van der Waals surface area contributed by atoms with Gasteiger partial charge in [-0.1, -0.05) is 6.42 Å². The molecule has 7 heteroatoms. The largest absolute Gasteiger partial charge is 0.497 e. The summed E-state index contributed by atoms with van der Waals surface area (Å²) >= 11 is 0. The lowest BCUT2D eigenvalue weighted by molar-refractivity contribution is -0.115. The minimum Gasteiger partial charge on any atom is -0.497 e. The van der Waals surface area contributed by atoms with Crippen LogP contribution in [0, 0.1) is 6.92 Å². The van der Waals surface area contributed by atoms with Gasteiger partial charge in [-0.05, 0) is 74.8 Å². The van der Waals surface area contributed by atoms with E-state index in [1.807, 2.05) is 13.0 Å². The number of carbonyl (C=O) groups is 1. The minimum atomic E-state index is -0.505. The summed E-state index contributed by atoms with van der Waals surface area (Å²) in [6.45, 7) is 1.87. The van der Waals surface area contributed by atoms with Crippen LogP contribution in [-0.2, 0) is 17.6 Å². The predicted molar refractivity (Wildman–Crippen MR) is 134 cm³/mol. The molecule has 0 bridgehead atoms. The highest BCUT2D eigenvalue weighted by atomic mass is 16.5. The van der Waals surface area contributed by atoms with Crippen LogP contribution < -0.4 is 25.2 Å². The second-order valence-corrected chi connectivity index (χ2v) is 9.59. The number of hydrogen-bond donors (Lipinski definition) is 1. The van der Waals surface area contributed by atoms with Crippen molar-refractivity contribution in [1.29, 1.82) is 0 Å². The van der Waals surface area contributed by atoms with Crippen LogP contribution in [0.2, 0.25) is 0 Å². The molecule has 2 aromatic carbocycles. The van der Waals surface area contributed by atoms with Crippen LogP contribution in [0.5, 0.6) is 17.2 Å². The zero-order chi connectivity index (χ0) is 24.6. The van der Waals surface area contributed by atoms with Gasteiger partial charge in [-0.2, -0.15) is 0 Å². The second kappa shape index (κ2) is 9.29. The molecule has 1 saturated carbocycles. The number of methoxy groups -OCH3 is 2. The van der Waals surface area contributed by atoms with Crippen molar-refractivity contribution in [2.24, 2.45) is 0 Å². The van der Waals surface area contributed by atoms with Crippen molar-refractivity contribution in [3.05, 3.63) is 57.4 Å². The molecule has 1 fully saturated rings. The first-order valence-corrected chi connectivity index (χ1v) is 12.2. The Hall–Kier alpha value is -3.48. The molecule has 1 aliphatic heterocycles. The molecule has 1 aliphatic carbocycles. The average molecular weight is 478 g/mol. The summed E-state index contributed by atoms with van der Waals surface area (Å²) in [6, 6.07) is 9.05. The van der Waals surface area contributed by atoms with Gasteiger partial charge in [0.15, 0.2) is 0 Å². The lowest BCUT2D eigenvalue weighted by Crippen LogP contribution is -2.41. The van der Waals surface area contributed by atoms with Gasteiger partial charge in [-0.15, -0.1) is 0 Å². The summed E-state index contributed by atoms with van der Waals surface area (Å²) in [5.41, 5.74) is 2.66. The van der Waals surface area contributed by atoms with E-state index < -0.39 is 5.63 Å². The number of aryl methyl sites for hydroxylation is 2. The van der Waals surface area contributed by atoms with Crippen molar-refractivity contribution in [3.8, 4) is 17.2 Å². The molecule has 1 amide bonds. The highest BCUT2D eigenvalue weighted by molar-refractivity contribution is 5.95. The normalized spacial score (nSPS) is 16.4. The molecule has 2 heterocycles. The third-order valence-electron chi connectivity index (χ3n) is 7.43. The van der Waals surface area contributed by atoms with Crippen LogP contribution >= 0.6 is 0 Å². The number of rotatable bonds is 5. The van der Waals surface area contributed by atoms with E-state index in [0.717, 1.165) is 47.9 Å². The van der Waals surface area contributed by atoms with Gasteiger partial charge in [-0.3, -0.25) is 4.79 Å². The Kier molecular flexibility index (Phi) is 6.17. The van der Waals surface area contributed by atoms with Crippen LogP contribution in [0.4, 0.5) is 5.69 Å². The highest BCUT2D eigenvalue weighted by Crippen LogP contribution is 2.43. The van der Waals surface area contributed by atoms with E-state index in [4.69, 9.17) is 18.6 Å². The fourth-order valence-corrected chi connectivity index (χ4v) is 5.41. The summed E-state index contributed by atoms with van der Waals surface area (Å²) in [4.78, 5) is 25.7. The monoisotopic (exact) mass is 477 g/mol. The van der Waals surface area contributed by atoms with Gasteiger partial charge in [0.1, 0.15) is 28.4 Å². The topological polar surface area (TPSA) is 87.0 Å². The van der Waals surface area contributed by atoms with E-state index in [9.17, 15) is 9.59 Å². The third-order valence-corrected chi connectivity index (χ3v) is 7.43. The molecule has 0 unspecified atom stereocenters. The van der Waals surface area contributed by atoms with Crippen molar-refractivity contribution in [3.63, 3.8) is 0 Å². The Morgan fingerprint density at radius 1 is 1.06 bits per heavy atom. The minimum absolute atomic E-state index is 0.0746. The van der Waals surface area contributed by atoms with Gasteiger partial charge in [0.2, 0.25) is 5.91 Å². The summed E-state index contributed by atoms with van der Waals surface area (Å²) in [5.74, 6) is 1.59. The van der Waals surface area contributed by atoms with Crippen LogP contribution in [-0.4, -0.2) is 25.7 Å². The van der Waals surface area contributed by atoms with Gasteiger partial charge >= 0.3 is 5.63 Å². The number of amides is 1. The Morgan fingerprint density at radius 2 is 1.86 bits per heavy atom. The summed E-state index contributed by atoms with van der Waals surface area (Å²) in [5, 5.41) is 3.67. The van der Waals surface area contributed by atoms with Crippen molar-refractivity contribution >= 4 is 22.6 Å². The standard InChI is InChI=1S/C28H31NO6/c1-17-20-13-18-9-12-28(10-5-4-6-11-28)35-23(18)16-24(20)34-27(31)21(17)15-26(30)29-22-8-7-19(32-2)14-25(22)33-3/h7-8,13-14,16H,4-6,9-12,15H2,1-3H3,(H,29,30). The van der Waals surface area contributed by atoms with Crippen LogP contribution in [0.15, 0.2) is 39.5 Å². The van der Waals surface area contributed by atoms with Gasteiger partial charge in [0.05, 0.1) is 31.9 Å². The molecule has 0 saturated heterocycles. The maximum absolute atomic E-state index is 12.9. The first kappa shape index (κ1) is 23.3. The number of hydrogen-bond acceptors (Lipinski definition) is 6. The van der Waals surface area contributed by atoms with E-state index in [1.165, 1.54) is 26.4 Å². The third kappa shape index (κ3) is 4.47. The molecule has 0 radical (unpaired) electrons. The first-order chi connectivity index (χ1) is 16.9. The quantitative estimate of drug-likeness (QED) is 0.500. The van der Waals surface area contributed by atoms with Crippen LogP contribution in [0.3, 0.4) is 0 Å². The van der Waals surface area contributed by atoms with Crippen LogP contribution in [0.1, 0.15) is 55.2 Å². The van der Waals surface area contributed by atoms with E-state index in [-0.39, 0.29) is 17.9 Å². The molecule has 35 heavy (non-hydrogen) atoms. The molecule has 0 atom stereocenters.